The van der Waals surface area contributed by atoms with Crippen LogP contribution in [0.4, 0.5) is 0 Å². The Kier molecular flexibility index (Phi) is 7.09. The second-order valence-electron chi connectivity index (χ2n) is 10.9. The van der Waals surface area contributed by atoms with Gasteiger partial charge in [0.2, 0.25) is 0 Å². The van der Waals surface area contributed by atoms with E-state index in [0.29, 0.717) is 11.5 Å². The maximum absolute atomic E-state index is 11.9. The number of esters is 1. The van der Waals surface area contributed by atoms with Crippen molar-refractivity contribution in [2.45, 2.75) is 71.9 Å². The van der Waals surface area contributed by atoms with Crippen molar-refractivity contribution in [2.24, 2.45) is 17.3 Å². The molecule has 0 aromatic heterocycles. The number of ether oxygens (including phenoxy) is 2. The summed E-state index contributed by atoms with van der Waals surface area (Å²) in [4.78, 5) is 14.3. The first-order valence-corrected chi connectivity index (χ1v) is 12.3. The van der Waals surface area contributed by atoms with Crippen LogP contribution in [0.2, 0.25) is 0 Å². The summed E-state index contributed by atoms with van der Waals surface area (Å²) in [7, 11) is 1.49. The van der Waals surface area contributed by atoms with Gasteiger partial charge in [0, 0.05) is 13.1 Å². The van der Waals surface area contributed by atoms with E-state index in [9.17, 15) is 4.79 Å². The largest absolute Gasteiger partial charge is 0.490 e. The Balaban J connectivity index is 1.36. The van der Waals surface area contributed by atoms with Crippen molar-refractivity contribution in [1.82, 2.24) is 4.90 Å². The highest BCUT2D eigenvalue weighted by Crippen LogP contribution is 2.39. The minimum absolute atomic E-state index is 0.00683. The highest BCUT2D eigenvalue weighted by Gasteiger charge is 2.30. The molecule has 0 unspecified atom stereocenters. The van der Waals surface area contributed by atoms with Gasteiger partial charge in [-0.2, -0.15) is 0 Å². The van der Waals surface area contributed by atoms with Gasteiger partial charge in [-0.1, -0.05) is 39.0 Å². The van der Waals surface area contributed by atoms with Crippen molar-refractivity contribution in [3.05, 3.63) is 42.0 Å². The van der Waals surface area contributed by atoms with Crippen LogP contribution in [-0.4, -0.2) is 37.2 Å². The van der Waals surface area contributed by atoms with Crippen LogP contribution in [0.25, 0.3) is 10.8 Å². The zero-order chi connectivity index (χ0) is 22.7. The third kappa shape index (κ3) is 5.64. The smallest absolute Gasteiger partial charge is 0.309 e. The number of carbonyl (C=O) groups is 1. The molecular formula is C28H39NO3. The first-order chi connectivity index (χ1) is 15.3. The first kappa shape index (κ1) is 23.1. The Hall–Kier alpha value is -2.07. The van der Waals surface area contributed by atoms with Gasteiger partial charge in [-0.05, 0) is 90.9 Å². The summed E-state index contributed by atoms with van der Waals surface area (Å²) in [6.07, 6.45) is 7.15. The summed E-state index contributed by atoms with van der Waals surface area (Å²) in [5, 5.41) is 2.47. The zero-order valence-electron chi connectivity index (χ0n) is 20.2. The van der Waals surface area contributed by atoms with Gasteiger partial charge >= 0.3 is 5.97 Å². The molecule has 2 aliphatic rings. The van der Waals surface area contributed by atoms with E-state index in [1.54, 1.807) is 0 Å². The van der Waals surface area contributed by atoms with Gasteiger partial charge in [0.05, 0.1) is 19.1 Å². The molecule has 1 saturated heterocycles. The third-order valence-electron chi connectivity index (χ3n) is 7.52. The molecule has 2 aromatic rings. The van der Waals surface area contributed by atoms with Crippen molar-refractivity contribution in [2.75, 3.05) is 20.2 Å². The Morgan fingerprint density at radius 1 is 1.00 bits per heavy atom. The molecular weight excluding hydrogens is 398 g/mol. The molecule has 2 aromatic carbocycles. The van der Waals surface area contributed by atoms with Crippen LogP contribution in [0.3, 0.4) is 0 Å². The zero-order valence-corrected chi connectivity index (χ0v) is 20.2. The lowest BCUT2D eigenvalue weighted by atomic mass is 9.72. The molecule has 2 fully saturated rings. The minimum atomic E-state index is -0.0763. The molecule has 1 aliphatic heterocycles. The van der Waals surface area contributed by atoms with Crippen molar-refractivity contribution in [3.63, 3.8) is 0 Å². The van der Waals surface area contributed by atoms with Crippen LogP contribution in [0.1, 0.15) is 64.9 Å². The number of methoxy groups -OCH3 is 1. The number of rotatable bonds is 5. The fourth-order valence-electron chi connectivity index (χ4n) is 5.50. The molecule has 0 N–H and O–H groups in total. The van der Waals surface area contributed by atoms with Crippen LogP contribution in [0.15, 0.2) is 36.4 Å². The summed E-state index contributed by atoms with van der Waals surface area (Å²) in [6.45, 7) is 9.78. The minimum Gasteiger partial charge on any atom is -0.490 e. The molecule has 1 aliphatic carbocycles. The molecule has 0 bridgehead atoms. The van der Waals surface area contributed by atoms with Gasteiger partial charge in [0.15, 0.2) is 0 Å². The molecule has 32 heavy (non-hydrogen) atoms. The highest BCUT2D eigenvalue weighted by atomic mass is 16.5. The lowest BCUT2D eigenvalue weighted by molar-refractivity contribution is -0.147. The second-order valence-corrected chi connectivity index (χ2v) is 10.9. The Labute approximate surface area is 193 Å². The SMILES string of the molecule is COC(=O)[C@H]1CCCN(Cc2ccc3cc(O[C@H]4CC[C@H](C(C)(C)C)CC4)ccc3c2)C1. The second kappa shape index (κ2) is 9.82. The lowest BCUT2D eigenvalue weighted by Crippen LogP contribution is -2.38. The van der Waals surface area contributed by atoms with E-state index in [4.69, 9.17) is 9.47 Å². The molecule has 0 radical (unpaired) electrons. The molecule has 1 saturated carbocycles. The normalized spacial score (nSPS) is 24.9. The van der Waals surface area contributed by atoms with Gasteiger partial charge in [-0.15, -0.1) is 0 Å². The number of fused-ring (bicyclic) bond motifs is 1. The fourth-order valence-corrected chi connectivity index (χ4v) is 5.50. The van der Waals surface area contributed by atoms with E-state index in [1.165, 1.54) is 36.3 Å². The van der Waals surface area contributed by atoms with Crippen LogP contribution < -0.4 is 4.74 Å². The Morgan fingerprint density at radius 2 is 1.72 bits per heavy atom. The van der Waals surface area contributed by atoms with Gasteiger partial charge in [0.1, 0.15) is 5.75 Å². The molecule has 4 rings (SSSR count). The number of nitrogens with zero attached hydrogens (tertiary/aromatic N) is 1. The average molecular weight is 438 g/mol. The van der Waals surface area contributed by atoms with Crippen molar-refractivity contribution < 1.29 is 14.3 Å². The standard InChI is InChI=1S/C28H39NO3/c1-28(2,3)24-10-13-25(14-11-24)32-26-12-9-21-16-20(7-8-22(21)17-26)18-29-15-5-6-23(19-29)27(30)31-4/h7-9,12,16-17,23-25H,5-6,10-11,13-15,18-19H2,1-4H3/t23-,24-,25-/m0/s1. The number of piperidine rings is 1. The maximum atomic E-state index is 11.9. The molecule has 4 heteroatoms. The fraction of sp³-hybridized carbons (Fsp3) is 0.607. The van der Waals surface area contributed by atoms with E-state index < -0.39 is 0 Å². The van der Waals surface area contributed by atoms with Crippen molar-refractivity contribution in [3.8, 4) is 5.75 Å². The van der Waals surface area contributed by atoms with Gasteiger partial charge in [-0.3, -0.25) is 9.69 Å². The molecule has 0 spiro atoms. The van der Waals surface area contributed by atoms with Crippen LogP contribution >= 0.6 is 0 Å². The molecule has 0 amide bonds. The average Bonchev–Trinajstić information content (AvgIpc) is 2.78. The Morgan fingerprint density at radius 3 is 2.44 bits per heavy atom. The Bertz CT molecular complexity index is 924. The predicted octanol–water partition coefficient (Wildman–Crippen LogP) is 6.21. The van der Waals surface area contributed by atoms with Crippen LogP contribution in [-0.2, 0) is 16.1 Å². The number of likely N-dealkylation sites (tertiary alicyclic amines) is 1. The van der Waals surface area contributed by atoms with Crippen LogP contribution in [0, 0.1) is 17.3 Å². The third-order valence-corrected chi connectivity index (χ3v) is 7.52. The number of hydrogen-bond acceptors (Lipinski definition) is 4. The maximum Gasteiger partial charge on any atom is 0.309 e. The number of hydrogen-bond donors (Lipinski definition) is 0. The summed E-state index contributed by atoms with van der Waals surface area (Å²) in [5.41, 5.74) is 1.69. The summed E-state index contributed by atoms with van der Waals surface area (Å²) < 4.78 is 11.3. The van der Waals surface area contributed by atoms with E-state index in [-0.39, 0.29) is 11.9 Å². The highest BCUT2D eigenvalue weighted by molar-refractivity contribution is 5.84. The topological polar surface area (TPSA) is 38.8 Å². The quantitative estimate of drug-likeness (QED) is 0.521. The molecule has 1 heterocycles. The van der Waals surface area contributed by atoms with Crippen molar-refractivity contribution in [1.29, 1.82) is 0 Å². The lowest BCUT2D eigenvalue weighted by Gasteiger charge is -2.37. The number of benzene rings is 2. The van der Waals surface area contributed by atoms with Crippen LogP contribution in [0.5, 0.6) is 5.75 Å². The van der Waals surface area contributed by atoms with Gasteiger partial charge < -0.3 is 9.47 Å². The van der Waals surface area contributed by atoms with Gasteiger partial charge in [-0.25, -0.2) is 0 Å². The van der Waals surface area contributed by atoms with E-state index in [0.717, 1.165) is 57.0 Å². The summed E-state index contributed by atoms with van der Waals surface area (Å²) in [5.74, 6) is 1.72. The van der Waals surface area contributed by atoms with E-state index in [1.807, 2.05) is 0 Å². The predicted molar refractivity (Wildman–Crippen MR) is 130 cm³/mol. The molecule has 1 atom stereocenters. The number of carbonyl (C=O) groups excluding carboxylic acids is 1. The van der Waals surface area contributed by atoms with E-state index in [2.05, 4.69) is 62.1 Å². The monoisotopic (exact) mass is 437 g/mol. The molecule has 4 nitrogen and oxygen atoms in total. The van der Waals surface area contributed by atoms with Crippen molar-refractivity contribution >= 4 is 16.7 Å². The first-order valence-electron chi connectivity index (χ1n) is 12.3. The van der Waals surface area contributed by atoms with E-state index >= 15 is 0 Å². The summed E-state index contributed by atoms with van der Waals surface area (Å²) in [6, 6.07) is 13.2. The van der Waals surface area contributed by atoms with Gasteiger partial charge in [0.25, 0.3) is 0 Å². The molecule has 174 valence electrons. The summed E-state index contributed by atoms with van der Waals surface area (Å²) >= 11 is 0.